The standard InChI is InChI=1S/C11H19BO2/c1-7-8-9(2)12-13-10(3,4)11(5,6)14-12/h7-8H,2H2,1,3-6H3. The van der Waals surface area contributed by atoms with E-state index in [-0.39, 0.29) is 18.3 Å². The van der Waals surface area contributed by atoms with Gasteiger partial charge >= 0.3 is 7.12 Å². The molecular formula is C11H19BO2. The second-order valence-corrected chi connectivity index (χ2v) is 4.66. The summed E-state index contributed by atoms with van der Waals surface area (Å²) in [5.74, 6) is 0. The monoisotopic (exact) mass is 194 g/mol. The summed E-state index contributed by atoms with van der Waals surface area (Å²) < 4.78 is 11.6. The van der Waals surface area contributed by atoms with Crippen LogP contribution in [-0.4, -0.2) is 18.3 Å². The van der Waals surface area contributed by atoms with Crippen LogP contribution in [0.25, 0.3) is 0 Å². The third-order valence-electron chi connectivity index (χ3n) is 2.94. The molecule has 78 valence electrons. The molecule has 0 unspecified atom stereocenters. The van der Waals surface area contributed by atoms with Crippen LogP contribution >= 0.6 is 0 Å². The summed E-state index contributed by atoms with van der Waals surface area (Å²) in [5.41, 5.74) is 0.316. The molecule has 0 N–H and O–H groups in total. The predicted octanol–water partition coefficient (Wildman–Crippen LogP) is 2.75. The molecule has 1 rings (SSSR count). The molecule has 0 aliphatic carbocycles. The quantitative estimate of drug-likeness (QED) is 0.497. The van der Waals surface area contributed by atoms with E-state index in [2.05, 4.69) is 6.58 Å². The predicted molar refractivity (Wildman–Crippen MR) is 60.0 cm³/mol. The van der Waals surface area contributed by atoms with Crippen LogP contribution in [0.4, 0.5) is 0 Å². The molecule has 0 spiro atoms. The van der Waals surface area contributed by atoms with Crippen molar-refractivity contribution in [2.24, 2.45) is 0 Å². The van der Waals surface area contributed by atoms with Crippen molar-refractivity contribution in [2.75, 3.05) is 0 Å². The summed E-state index contributed by atoms with van der Waals surface area (Å²) in [6, 6.07) is 0. The molecule has 0 amide bonds. The van der Waals surface area contributed by atoms with E-state index in [0.29, 0.717) is 0 Å². The number of allylic oxidation sites excluding steroid dienone is 3. The second kappa shape index (κ2) is 3.56. The van der Waals surface area contributed by atoms with Crippen LogP contribution in [0.15, 0.2) is 24.2 Å². The highest BCUT2D eigenvalue weighted by Gasteiger charge is 2.51. The highest BCUT2D eigenvalue weighted by molar-refractivity contribution is 6.55. The lowest BCUT2D eigenvalue weighted by Crippen LogP contribution is -2.41. The van der Waals surface area contributed by atoms with Gasteiger partial charge in [0.15, 0.2) is 0 Å². The van der Waals surface area contributed by atoms with Crippen molar-refractivity contribution in [1.82, 2.24) is 0 Å². The van der Waals surface area contributed by atoms with E-state index >= 15 is 0 Å². The zero-order chi connectivity index (χ0) is 11.0. The highest BCUT2D eigenvalue weighted by atomic mass is 16.7. The molecule has 1 heterocycles. The summed E-state index contributed by atoms with van der Waals surface area (Å²) in [6.07, 6.45) is 3.86. The van der Waals surface area contributed by atoms with E-state index in [1.54, 1.807) is 0 Å². The molecular weight excluding hydrogens is 175 g/mol. The Morgan fingerprint density at radius 1 is 1.14 bits per heavy atom. The van der Waals surface area contributed by atoms with Crippen molar-refractivity contribution in [1.29, 1.82) is 0 Å². The molecule has 2 nitrogen and oxygen atoms in total. The van der Waals surface area contributed by atoms with Gasteiger partial charge < -0.3 is 9.31 Å². The maximum atomic E-state index is 5.81. The van der Waals surface area contributed by atoms with Crippen molar-refractivity contribution in [3.8, 4) is 0 Å². The largest absolute Gasteiger partial charge is 0.494 e. The third-order valence-corrected chi connectivity index (χ3v) is 2.94. The number of hydrogen-bond donors (Lipinski definition) is 0. The second-order valence-electron chi connectivity index (χ2n) is 4.66. The normalized spacial score (nSPS) is 24.5. The summed E-state index contributed by atoms with van der Waals surface area (Å²) >= 11 is 0. The first-order chi connectivity index (χ1) is 6.30. The molecule has 1 aliphatic heterocycles. The van der Waals surface area contributed by atoms with Gasteiger partial charge in [0.05, 0.1) is 11.2 Å². The molecule has 1 fully saturated rings. The minimum atomic E-state index is -0.309. The van der Waals surface area contributed by atoms with Crippen molar-refractivity contribution in [2.45, 2.75) is 45.8 Å². The lowest BCUT2D eigenvalue weighted by Gasteiger charge is -2.32. The van der Waals surface area contributed by atoms with Gasteiger partial charge in [-0.3, -0.25) is 0 Å². The number of hydrogen-bond acceptors (Lipinski definition) is 2. The Morgan fingerprint density at radius 3 is 1.93 bits per heavy atom. The summed E-state index contributed by atoms with van der Waals surface area (Å²) in [4.78, 5) is 0. The van der Waals surface area contributed by atoms with Gasteiger partial charge in [-0.2, -0.15) is 0 Å². The Morgan fingerprint density at radius 2 is 1.57 bits per heavy atom. The minimum Gasteiger partial charge on any atom is -0.399 e. The maximum Gasteiger partial charge on any atom is 0.494 e. The van der Waals surface area contributed by atoms with Crippen LogP contribution in [0.5, 0.6) is 0 Å². The van der Waals surface area contributed by atoms with Gasteiger partial charge in [-0.25, -0.2) is 0 Å². The maximum absolute atomic E-state index is 5.81. The first-order valence-corrected chi connectivity index (χ1v) is 4.97. The minimum absolute atomic E-state index is 0.276. The lowest BCUT2D eigenvalue weighted by atomic mass is 9.79. The smallest absolute Gasteiger partial charge is 0.399 e. The Kier molecular flexibility index (Phi) is 2.93. The van der Waals surface area contributed by atoms with E-state index < -0.39 is 0 Å². The summed E-state index contributed by atoms with van der Waals surface area (Å²) in [7, 11) is -0.309. The molecule has 0 aromatic carbocycles. The average Bonchev–Trinajstić information content (AvgIpc) is 2.22. The van der Waals surface area contributed by atoms with E-state index in [1.807, 2.05) is 46.8 Å². The van der Waals surface area contributed by atoms with Gasteiger partial charge in [0.2, 0.25) is 0 Å². The van der Waals surface area contributed by atoms with Crippen LogP contribution < -0.4 is 0 Å². The summed E-state index contributed by atoms with van der Waals surface area (Å²) in [5, 5.41) is 0. The van der Waals surface area contributed by atoms with Crippen LogP contribution in [0, 0.1) is 0 Å². The van der Waals surface area contributed by atoms with Gasteiger partial charge in [-0.1, -0.05) is 18.7 Å². The Balaban J connectivity index is 2.78. The van der Waals surface area contributed by atoms with Gasteiger partial charge in [-0.05, 0) is 40.1 Å². The summed E-state index contributed by atoms with van der Waals surface area (Å²) in [6.45, 7) is 14.0. The fourth-order valence-corrected chi connectivity index (χ4v) is 1.29. The molecule has 14 heavy (non-hydrogen) atoms. The van der Waals surface area contributed by atoms with Crippen LogP contribution in [0.1, 0.15) is 34.6 Å². The lowest BCUT2D eigenvalue weighted by molar-refractivity contribution is 0.00578. The molecule has 0 saturated carbocycles. The molecule has 0 atom stereocenters. The van der Waals surface area contributed by atoms with Crippen LogP contribution in [-0.2, 0) is 9.31 Å². The average molecular weight is 194 g/mol. The highest BCUT2D eigenvalue weighted by Crippen LogP contribution is 2.38. The topological polar surface area (TPSA) is 18.5 Å². The molecule has 0 aromatic rings. The van der Waals surface area contributed by atoms with Gasteiger partial charge in [0.25, 0.3) is 0 Å². The van der Waals surface area contributed by atoms with E-state index in [9.17, 15) is 0 Å². The molecule has 3 heteroatoms. The Hall–Kier alpha value is -0.535. The molecule has 0 aromatic heterocycles. The SMILES string of the molecule is C=C(C=CC)B1OC(C)(C)C(C)(C)O1. The fourth-order valence-electron chi connectivity index (χ4n) is 1.29. The van der Waals surface area contributed by atoms with E-state index in [1.165, 1.54) is 0 Å². The van der Waals surface area contributed by atoms with Crippen LogP contribution in [0.2, 0.25) is 0 Å². The Labute approximate surface area is 87.1 Å². The van der Waals surface area contributed by atoms with Crippen molar-refractivity contribution < 1.29 is 9.31 Å². The fraction of sp³-hybridized carbons (Fsp3) is 0.636. The van der Waals surface area contributed by atoms with Gasteiger partial charge in [0, 0.05) is 0 Å². The Bertz CT molecular complexity index is 250. The van der Waals surface area contributed by atoms with Crippen molar-refractivity contribution in [3.63, 3.8) is 0 Å². The molecule has 0 bridgehead atoms. The van der Waals surface area contributed by atoms with E-state index in [4.69, 9.17) is 9.31 Å². The zero-order valence-electron chi connectivity index (χ0n) is 9.76. The zero-order valence-corrected chi connectivity index (χ0v) is 9.76. The van der Waals surface area contributed by atoms with Crippen molar-refractivity contribution in [3.05, 3.63) is 24.2 Å². The molecule has 1 aliphatic rings. The van der Waals surface area contributed by atoms with E-state index in [0.717, 1.165) is 5.47 Å². The molecule has 1 saturated heterocycles. The van der Waals surface area contributed by atoms with Gasteiger partial charge in [0.1, 0.15) is 0 Å². The molecule has 0 radical (unpaired) electrons. The first-order valence-electron chi connectivity index (χ1n) is 4.97. The van der Waals surface area contributed by atoms with Crippen LogP contribution in [0.3, 0.4) is 0 Å². The third kappa shape index (κ3) is 1.94. The number of rotatable bonds is 2. The van der Waals surface area contributed by atoms with Gasteiger partial charge in [-0.15, -0.1) is 0 Å². The van der Waals surface area contributed by atoms with Crippen molar-refractivity contribution >= 4 is 7.12 Å². The first kappa shape index (κ1) is 11.5.